The largest absolute Gasteiger partial charge is 0.399 e. The summed E-state index contributed by atoms with van der Waals surface area (Å²) in [6, 6.07) is 18.9. The SMILES string of the molecule is CCN(CCc1ccccc1)CCc1cccc(N)c1. The number of likely N-dealkylation sites (N-methyl/N-ethyl adjacent to an activating group) is 1. The zero-order valence-electron chi connectivity index (χ0n) is 12.3. The molecule has 106 valence electrons. The number of nitrogens with two attached hydrogens (primary N) is 1. The van der Waals surface area contributed by atoms with Gasteiger partial charge in [-0.1, -0.05) is 49.4 Å². The molecule has 0 bridgehead atoms. The van der Waals surface area contributed by atoms with Crippen LogP contribution in [0.15, 0.2) is 54.6 Å². The molecular weight excluding hydrogens is 244 g/mol. The van der Waals surface area contributed by atoms with Gasteiger partial charge in [-0.15, -0.1) is 0 Å². The van der Waals surface area contributed by atoms with Crippen LogP contribution in [0.1, 0.15) is 18.1 Å². The predicted octanol–water partition coefficient (Wildman–Crippen LogP) is 3.38. The fourth-order valence-corrected chi connectivity index (χ4v) is 2.40. The van der Waals surface area contributed by atoms with Crippen molar-refractivity contribution in [3.8, 4) is 0 Å². The second kappa shape index (κ2) is 7.71. The molecule has 0 saturated heterocycles. The average Bonchev–Trinajstić information content (AvgIpc) is 2.48. The van der Waals surface area contributed by atoms with E-state index in [4.69, 9.17) is 5.73 Å². The first-order valence-electron chi connectivity index (χ1n) is 7.38. The summed E-state index contributed by atoms with van der Waals surface area (Å²) >= 11 is 0. The van der Waals surface area contributed by atoms with Gasteiger partial charge in [-0.05, 0) is 42.6 Å². The van der Waals surface area contributed by atoms with E-state index < -0.39 is 0 Å². The van der Waals surface area contributed by atoms with Gasteiger partial charge < -0.3 is 10.6 Å². The number of benzene rings is 2. The van der Waals surface area contributed by atoms with E-state index in [1.165, 1.54) is 11.1 Å². The van der Waals surface area contributed by atoms with Gasteiger partial charge in [0, 0.05) is 18.8 Å². The standard InChI is InChI=1S/C18H24N2/c1-2-20(13-11-16-7-4-3-5-8-16)14-12-17-9-6-10-18(19)15-17/h3-10,15H,2,11-14,19H2,1H3. The van der Waals surface area contributed by atoms with Crippen LogP contribution in [-0.2, 0) is 12.8 Å². The molecule has 0 radical (unpaired) electrons. The van der Waals surface area contributed by atoms with Crippen molar-refractivity contribution in [2.45, 2.75) is 19.8 Å². The molecule has 0 aromatic heterocycles. The third-order valence-electron chi connectivity index (χ3n) is 3.67. The van der Waals surface area contributed by atoms with Crippen molar-refractivity contribution < 1.29 is 0 Å². The van der Waals surface area contributed by atoms with Gasteiger partial charge in [0.05, 0.1) is 0 Å². The van der Waals surface area contributed by atoms with Gasteiger partial charge in [0.15, 0.2) is 0 Å². The Labute approximate surface area is 122 Å². The highest BCUT2D eigenvalue weighted by atomic mass is 15.1. The molecule has 0 fully saturated rings. The van der Waals surface area contributed by atoms with E-state index in [1.54, 1.807) is 0 Å². The lowest BCUT2D eigenvalue weighted by Gasteiger charge is -2.20. The molecule has 0 heterocycles. The van der Waals surface area contributed by atoms with Crippen LogP contribution in [0, 0.1) is 0 Å². The summed E-state index contributed by atoms with van der Waals surface area (Å²) < 4.78 is 0. The third kappa shape index (κ3) is 4.71. The minimum Gasteiger partial charge on any atom is -0.399 e. The monoisotopic (exact) mass is 268 g/mol. The van der Waals surface area contributed by atoms with Crippen LogP contribution in [0.25, 0.3) is 0 Å². The molecule has 0 aliphatic rings. The Morgan fingerprint density at radius 1 is 0.850 bits per heavy atom. The number of anilines is 1. The van der Waals surface area contributed by atoms with Crippen LogP contribution < -0.4 is 5.73 Å². The molecular formula is C18H24N2. The lowest BCUT2D eigenvalue weighted by Crippen LogP contribution is -2.28. The lowest BCUT2D eigenvalue weighted by molar-refractivity contribution is 0.295. The molecule has 0 saturated carbocycles. The Morgan fingerprint density at radius 2 is 1.50 bits per heavy atom. The Bertz CT molecular complexity index is 508. The second-order valence-electron chi connectivity index (χ2n) is 5.16. The Balaban J connectivity index is 1.80. The first-order chi connectivity index (χ1) is 9.78. The Morgan fingerprint density at radius 3 is 2.15 bits per heavy atom. The summed E-state index contributed by atoms with van der Waals surface area (Å²) in [5.74, 6) is 0. The maximum atomic E-state index is 5.82. The van der Waals surface area contributed by atoms with Crippen LogP contribution in [-0.4, -0.2) is 24.5 Å². The van der Waals surface area contributed by atoms with Crippen LogP contribution in [0.4, 0.5) is 5.69 Å². The summed E-state index contributed by atoms with van der Waals surface area (Å²) in [5.41, 5.74) is 9.41. The highest BCUT2D eigenvalue weighted by molar-refractivity contribution is 5.40. The molecule has 0 aliphatic carbocycles. The number of nitrogens with zero attached hydrogens (tertiary/aromatic N) is 1. The third-order valence-corrected chi connectivity index (χ3v) is 3.67. The molecule has 2 aromatic rings. The summed E-state index contributed by atoms with van der Waals surface area (Å²) in [7, 11) is 0. The van der Waals surface area contributed by atoms with Crippen molar-refractivity contribution in [2.75, 3.05) is 25.4 Å². The number of rotatable bonds is 7. The minimum atomic E-state index is 0.856. The maximum Gasteiger partial charge on any atom is 0.0316 e. The van der Waals surface area contributed by atoms with Crippen LogP contribution >= 0.6 is 0 Å². The summed E-state index contributed by atoms with van der Waals surface area (Å²) in [6.45, 7) is 5.52. The molecule has 2 nitrogen and oxygen atoms in total. The van der Waals surface area contributed by atoms with E-state index in [0.717, 1.165) is 38.2 Å². The fourth-order valence-electron chi connectivity index (χ4n) is 2.40. The van der Waals surface area contributed by atoms with Crippen molar-refractivity contribution in [2.24, 2.45) is 0 Å². The first kappa shape index (κ1) is 14.6. The van der Waals surface area contributed by atoms with Crippen molar-refractivity contribution in [3.63, 3.8) is 0 Å². The van der Waals surface area contributed by atoms with E-state index in [2.05, 4.69) is 54.3 Å². The number of nitrogen functional groups attached to an aromatic ring is 1. The van der Waals surface area contributed by atoms with Crippen molar-refractivity contribution in [1.82, 2.24) is 4.90 Å². The smallest absolute Gasteiger partial charge is 0.0316 e. The van der Waals surface area contributed by atoms with Crippen molar-refractivity contribution in [1.29, 1.82) is 0 Å². The van der Waals surface area contributed by atoms with E-state index in [9.17, 15) is 0 Å². The van der Waals surface area contributed by atoms with Crippen LogP contribution in [0.2, 0.25) is 0 Å². The van der Waals surface area contributed by atoms with E-state index >= 15 is 0 Å². The molecule has 0 spiro atoms. The van der Waals surface area contributed by atoms with Gasteiger partial charge >= 0.3 is 0 Å². The molecule has 0 amide bonds. The topological polar surface area (TPSA) is 29.3 Å². The van der Waals surface area contributed by atoms with Crippen molar-refractivity contribution in [3.05, 3.63) is 65.7 Å². The molecule has 0 unspecified atom stereocenters. The van der Waals surface area contributed by atoms with E-state index in [0.29, 0.717) is 0 Å². The van der Waals surface area contributed by atoms with Gasteiger partial charge in [0.2, 0.25) is 0 Å². The summed E-state index contributed by atoms with van der Waals surface area (Å²) in [5, 5.41) is 0. The molecule has 2 aromatic carbocycles. The van der Waals surface area contributed by atoms with E-state index in [-0.39, 0.29) is 0 Å². The maximum absolute atomic E-state index is 5.82. The van der Waals surface area contributed by atoms with Gasteiger partial charge in [0.25, 0.3) is 0 Å². The lowest BCUT2D eigenvalue weighted by atomic mass is 10.1. The molecule has 2 N–H and O–H groups in total. The highest BCUT2D eigenvalue weighted by Gasteiger charge is 2.03. The molecule has 0 atom stereocenters. The second-order valence-corrected chi connectivity index (χ2v) is 5.16. The zero-order valence-corrected chi connectivity index (χ0v) is 12.3. The Kier molecular flexibility index (Phi) is 5.63. The zero-order chi connectivity index (χ0) is 14.2. The van der Waals surface area contributed by atoms with Gasteiger partial charge in [0.1, 0.15) is 0 Å². The first-order valence-corrected chi connectivity index (χ1v) is 7.38. The molecule has 2 rings (SSSR count). The average molecular weight is 268 g/mol. The van der Waals surface area contributed by atoms with Gasteiger partial charge in [-0.3, -0.25) is 0 Å². The number of hydrogen-bond acceptors (Lipinski definition) is 2. The highest BCUT2D eigenvalue weighted by Crippen LogP contribution is 2.08. The van der Waals surface area contributed by atoms with Crippen LogP contribution in [0.3, 0.4) is 0 Å². The molecule has 2 heteroatoms. The number of hydrogen-bond donors (Lipinski definition) is 1. The minimum absolute atomic E-state index is 0.856. The van der Waals surface area contributed by atoms with Gasteiger partial charge in [-0.25, -0.2) is 0 Å². The summed E-state index contributed by atoms with van der Waals surface area (Å²) in [6.07, 6.45) is 2.18. The molecule has 0 aliphatic heterocycles. The van der Waals surface area contributed by atoms with Crippen LogP contribution in [0.5, 0.6) is 0 Å². The summed E-state index contributed by atoms with van der Waals surface area (Å²) in [4.78, 5) is 2.50. The normalized spacial score (nSPS) is 10.9. The molecule has 20 heavy (non-hydrogen) atoms. The fraction of sp³-hybridized carbons (Fsp3) is 0.333. The van der Waals surface area contributed by atoms with E-state index in [1.807, 2.05) is 12.1 Å². The quantitative estimate of drug-likeness (QED) is 0.780. The van der Waals surface area contributed by atoms with Crippen molar-refractivity contribution >= 4 is 5.69 Å². The predicted molar refractivity (Wildman–Crippen MR) is 86.8 cm³/mol. The Hall–Kier alpha value is -1.80. The van der Waals surface area contributed by atoms with Gasteiger partial charge in [-0.2, -0.15) is 0 Å².